The van der Waals surface area contributed by atoms with Crippen molar-refractivity contribution in [2.24, 2.45) is 11.8 Å². The van der Waals surface area contributed by atoms with Crippen molar-refractivity contribution in [1.29, 1.82) is 0 Å². The first kappa shape index (κ1) is 15.6. The van der Waals surface area contributed by atoms with E-state index in [-0.39, 0.29) is 0 Å². The van der Waals surface area contributed by atoms with E-state index < -0.39 is 0 Å². The van der Waals surface area contributed by atoms with Gasteiger partial charge < -0.3 is 5.32 Å². The van der Waals surface area contributed by atoms with Crippen LogP contribution in [0.3, 0.4) is 0 Å². The molecule has 1 saturated carbocycles. The molecule has 1 aromatic rings. The minimum atomic E-state index is 0.693. The van der Waals surface area contributed by atoms with Crippen LogP contribution in [0, 0.1) is 18.8 Å². The van der Waals surface area contributed by atoms with Gasteiger partial charge in [0.2, 0.25) is 0 Å². The lowest BCUT2D eigenvalue weighted by atomic mass is 9.85. The van der Waals surface area contributed by atoms with Gasteiger partial charge in [-0.3, -0.25) is 0 Å². The number of benzene rings is 1. The molecule has 1 atom stereocenters. The highest BCUT2D eigenvalue weighted by atomic mass is 14.9. The summed E-state index contributed by atoms with van der Waals surface area (Å²) in [7, 11) is 0. The molecule has 0 radical (unpaired) electrons. The minimum Gasteiger partial charge on any atom is -0.316 e. The maximum atomic E-state index is 3.68. The first-order chi connectivity index (χ1) is 9.66. The molecule has 2 rings (SSSR count). The van der Waals surface area contributed by atoms with E-state index in [0.717, 1.165) is 24.9 Å². The van der Waals surface area contributed by atoms with E-state index in [1.54, 1.807) is 5.56 Å². The molecule has 1 aliphatic rings. The van der Waals surface area contributed by atoms with Crippen LogP contribution < -0.4 is 5.32 Å². The number of nitrogens with one attached hydrogen (secondary N) is 1. The molecule has 20 heavy (non-hydrogen) atoms. The molecule has 0 aliphatic heterocycles. The van der Waals surface area contributed by atoms with Crippen LogP contribution in [0.4, 0.5) is 0 Å². The molecule has 0 saturated heterocycles. The zero-order valence-electron chi connectivity index (χ0n) is 13.5. The van der Waals surface area contributed by atoms with E-state index >= 15 is 0 Å². The molecule has 0 aromatic heterocycles. The van der Waals surface area contributed by atoms with E-state index in [0.29, 0.717) is 5.92 Å². The third kappa shape index (κ3) is 4.63. The molecule has 112 valence electrons. The van der Waals surface area contributed by atoms with Gasteiger partial charge in [-0.25, -0.2) is 0 Å². The third-order valence-electron chi connectivity index (χ3n) is 4.66. The lowest BCUT2D eigenvalue weighted by Crippen LogP contribution is -2.26. The maximum absolute atomic E-state index is 3.68. The highest BCUT2D eigenvalue weighted by molar-refractivity contribution is 5.29. The fourth-order valence-corrected chi connectivity index (χ4v) is 3.56. The number of rotatable bonds is 7. The predicted octanol–water partition coefficient (Wildman–Crippen LogP) is 4.90. The van der Waals surface area contributed by atoms with Crippen molar-refractivity contribution >= 4 is 0 Å². The van der Waals surface area contributed by atoms with E-state index in [4.69, 9.17) is 0 Å². The molecule has 1 nitrogen and oxygen atoms in total. The monoisotopic (exact) mass is 273 g/mol. The van der Waals surface area contributed by atoms with Crippen molar-refractivity contribution in [3.63, 3.8) is 0 Å². The normalized spacial score (nSPS) is 17.8. The van der Waals surface area contributed by atoms with E-state index in [2.05, 4.69) is 50.4 Å². The lowest BCUT2D eigenvalue weighted by Gasteiger charge is -2.23. The van der Waals surface area contributed by atoms with Gasteiger partial charge in [0.15, 0.2) is 0 Å². The summed E-state index contributed by atoms with van der Waals surface area (Å²) in [6, 6.07) is 8.96. The van der Waals surface area contributed by atoms with Gasteiger partial charge >= 0.3 is 0 Å². The Morgan fingerprint density at radius 2 is 1.80 bits per heavy atom. The van der Waals surface area contributed by atoms with Crippen LogP contribution in [-0.2, 0) is 0 Å². The zero-order valence-corrected chi connectivity index (χ0v) is 13.5. The second-order valence-electron chi connectivity index (χ2n) is 6.99. The van der Waals surface area contributed by atoms with Crippen LogP contribution in [-0.4, -0.2) is 13.1 Å². The van der Waals surface area contributed by atoms with Gasteiger partial charge in [0.25, 0.3) is 0 Å². The summed E-state index contributed by atoms with van der Waals surface area (Å²) in [6.45, 7) is 9.10. The van der Waals surface area contributed by atoms with Gasteiger partial charge in [0.05, 0.1) is 0 Å². The van der Waals surface area contributed by atoms with Crippen molar-refractivity contribution in [1.82, 2.24) is 5.32 Å². The smallest absolute Gasteiger partial charge is 0.00204 e. The second-order valence-corrected chi connectivity index (χ2v) is 6.99. The van der Waals surface area contributed by atoms with Gasteiger partial charge in [-0.05, 0) is 48.8 Å². The Balaban J connectivity index is 2.00. The highest BCUT2D eigenvalue weighted by Crippen LogP contribution is 2.34. The van der Waals surface area contributed by atoms with Crippen LogP contribution in [0.15, 0.2) is 24.3 Å². The molecular weight excluding hydrogens is 242 g/mol. The maximum Gasteiger partial charge on any atom is 0.00204 e. The standard InChI is InChI=1S/C19H31N/c1-15(2)13-20-14-18(12-17-9-5-6-10-17)19-11-7-4-8-16(19)3/h4,7-8,11,15,17-18,20H,5-6,9-10,12-14H2,1-3H3. The summed E-state index contributed by atoms with van der Waals surface area (Å²) in [5.74, 6) is 2.39. The molecule has 0 spiro atoms. The minimum absolute atomic E-state index is 0.693. The first-order valence-corrected chi connectivity index (χ1v) is 8.43. The van der Waals surface area contributed by atoms with Gasteiger partial charge in [0.1, 0.15) is 0 Å². The predicted molar refractivity (Wildman–Crippen MR) is 88.2 cm³/mol. The van der Waals surface area contributed by atoms with Gasteiger partial charge in [0, 0.05) is 6.54 Å². The molecule has 0 amide bonds. The average Bonchev–Trinajstić information content (AvgIpc) is 2.91. The molecule has 1 aromatic carbocycles. The third-order valence-corrected chi connectivity index (χ3v) is 4.66. The van der Waals surface area contributed by atoms with E-state index in [1.165, 1.54) is 37.7 Å². The topological polar surface area (TPSA) is 12.0 Å². The first-order valence-electron chi connectivity index (χ1n) is 8.43. The Morgan fingerprint density at radius 3 is 2.45 bits per heavy atom. The molecule has 0 bridgehead atoms. The Morgan fingerprint density at radius 1 is 1.10 bits per heavy atom. The Bertz CT molecular complexity index is 391. The van der Waals surface area contributed by atoms with Gasteiger partial charge in [-0.1, -0.05) is 63.8 Å². The van der Waals surface area contributed by atoms with Crippen molar-refractivity contribution in [3.05, 3.63) is 35.4 Å². The van der Waals surface area contributed by atoms with Crippen LogP contribution in [0.1, 0.15) is 63.0 Å². The van der Waals surface area contributed by atoms with Crippen molar-refractivity contribution in [2.45, 2.75) is 58.8 Å². The summed E-state index contributed by atoms with van der Waals surface area (Å²) < 4.78 is 0. The van der Waals surface area contributed by atoms with Crippen molar-refractivity contribution < 1.29 is 0 Å². The molecule has 1 aliphatic carbocycles. The second kappa shape index (κ2) is 7.83. The number of hydrogen-bond donors (Lipinski definition) is 1. The lowest BCUT2D eigenvalue weighted by molar-refractivity contribution is 0.417. The van der Waals surface area contributed by atoms with Crippen LogP contribution in [0.25, 0.3) is 0 Å². The molecule has 1 fully saturated rings. The average molecular weight is 273 g/mol. The summed E-state index contributed by atoms with van der Waals surface area (Å²) in [5.41, 5.74) is 3.03. The number of aryl methyl sites for hydroxylation is 1. The van der Waals surface area contributed by atoms with Crippen LogP contribution in [0.2, 0.25) is 0 Å². The van der Waals surface area contributed by atoms with Gasteiger partial charge in [-0.2, -0.15) is 0 Å². The highest BCUT2D eigenvalue weighted by Gasteiger charge is 2.22. The molecule has 0 heterocycles. The molecular formula is C19H31N. The Hall–Kier alpha value is -0.820. The number of hydrogen-bond acceptors (Lipinski definition) is 1. The summed E-state index contributed by atoms with van der Waals surface area (Å²) in [5, 5.41) is 3.68. The molecule has 1 unspecified atom stereocenters. The molecule has 1 heteroatoms. The Labute approximate surface area is 125 Å². The van der Waals surface area contributed by atoms with E-state index in [1.807, 2.05) is 0 Å². The summed E-state index contributed by atoms with van der Waals surface area (Å²) in [4.78, 5) is 0. The van der Waals surface area contributed by atoms with Crippen molar-refractivity contribution in [2.75, 3.05) is 13.1 Å². The van der Waals surface area contributed by atoms with E-state index in [9.17, 15) is 0 Å². The summed E-state index contributed by atoms with van der Waals surface area (Å²) >= 11 is 0. The van der Waals surface area contributed by atoms with Gasteiger partial charge in [-0.15, -0.1) is 0 Å². The largest absolute Gasteiger partial charge is 0.316 e. The van der Waals surface area contributed by atoms with Crippen molar-refractivity contribution in [3.8, 4) is 0 Å². The fraction of sp³-hybridized carbons (Fsp3) is 0.684. The quantitative estimate of drug-likeness (QED) is 0.744. The molecule has 1 N–H and O–H groups in total. The van der Waals surface area contributed by atoms with Crippen LogP contribution in [0.5, 0.6) is 0 Å². The fourth-order valence-electron chi connectivity index (χ4n) is 3.56. The Kier molecular flexibility index (Phi) is 6.09. The van der Waals surface area contributed by atoms with Crippen LogP contribution >= 0.6 is 0 Å². The zero-order chi connectivity index (χ0) is 14.4. The summed E-state index contributed by atoms with van der Waals surface area (Å²) in [6.07, 6.45) is 7.17. The SMILES string of the molecule is Cc1ccccc1C(CNCC(C)C)CC1CCCC1.